The molecule has 4 nitrogen and oxygen atoms in total. The maximum atomic E-state index is 12.0. The molecule has 2 aromatic carbocycles. The summed E-state index contributed by atoms with van der Waals surface area (Å²) in [6.07, 6.45) is 3.08. The Morgan fingerprint density at radius 3 is 2.87 bits per heavy atom. The lowest BCUT2D eigenvalue weighted by molar-refractivity contribution is -0.111. The van der Waals surface area contributed by atoms with Gasteiger partial charge in [-0.25, -0.2) is 0 Å². The van der Waals surface area contributed by atoms with E-state index in [2.05, 4.69) is 5.32 Å². The molecule has 0 bridgehead atoms. The van der Waals surface area contributed by atoms with E-state index < -0.39 is 0 Å². The number of nitrogens with one attached hydrogen (secondary N) is 1. The Morgan fingerprint density at radius 2 is 2.04 bits per heavy atom. The number of hydrogen-bond donors (Lipinski definition) is 1. The summed E-state index contributed by atoms with van der Waals surface area (Å²) >= 11 is 12.0. The quantitative estimate of drug-likeness (QED) is 0.818. The van der Waals surface area contributed by atoms with Gasteiger partial charge in [-0.1, -0.05) is 29.3 Å². The molecule has 0 unspecified atom stereocenters. The van der Waals surface area contributed by atoms with E-state index in [0.717, 1.165) is 11.1 Å². The van der Waals surface area contributed by atoms with E-state index in [-0.39, 0.29) is 12.7 Å². The van der Waals surface area contributed by atoms with E-state index >= 15 is 0 Å². The number of ether oxygens (including phenoxy) is 2. The van der Waals surface area contributed by atoms with E-state index in [1.54, 1.807) is 30.3 Å². The normalized spacial score (nSPS) is 12.7. The largest absolute Gasteiger partial charge is 0.454 e. The summed E-state index contributed by atoms with van der Waals surface area (Å²) < 4.78 is 10.5. The molecular formula is C17H13Cl2NO3. The molecule has 0 atom stereocenters. The van der Waals surface area contributed by atoms with Gasteiger partial charge in [-0.2, -0.15) is 0 Å². The fraction of sp³-hybridized carbons (Fsp3) is 0.118. The maximum Gasteiger partial charge on any atom is 0.248 e. The molecule has 0 saturated heterocycles. The summed E-state index contributed by atoms with van der Waals surface area (Å²) in [5, 5.41) is 3.81. The number of hydrogen-bond acceptors (Lipinski definition) is 3. The van der Waals surface area contributed by atoms with E-state index in [0.29, 0.717) is 27.2 Å². The highest BCUT2D eigenvalue weighted by Crippen LogP contribution is 2.40. The van der Waals surface area contributed by atoms with Crippen LogP contribution in [0.4, 0.5) is 5.69 Å². The van der Waals surface area contributed by atoms with Crippen LogP contribution in [0, 0.1) is 6.92 Å². The molecule has 1 heterocycles. The number of carbonyl (C=O) groups is 1. The Morgan fingerprint density at radius 1 is 1.22 bits per heavy atom. The van der Waals surface area contributed by atoms with Gasteiger partial charge in [0.15, 0.2) is 11.5 Å². The first-order valence-electron chi connectivity index (χ1n) is 6.87. The topological polar surface area (TPSA) is 47.6 Å². The highest BCUT2D eigenvalue weighted by molar-refractivity contribution is 6.32. The second-order valence-electron chi connectivity index (χ2n) is 5.02. The van der Waals surface area contributed by atoms with E-state index in [4.69, 9.17) is 32.7 Å². The third-order valence-electron chi connectivity index (χ3n) is 3.33. The molecule has 23 heavy (non-hydrogen) atoms. The fourth-order valence-electron chi connectivity index (χ4n) is 2.16. The predicted octanol–water partition coefficient (Wildman–Crippen LogP) is 4.68. The van der Waals surface area contributed by atoms with Crippen LogP contribution < -0.4 is 14.8 Å². The van der Waals surface area contributed by atoms with Crippen molar-refractivity contribution in [2.24, 2.45) is 0 Å². The van der Waals surface area contributed by atoms with Crippen molar-refractivity contribution < 1.29 is 14.3 Å². The fourth-order valence-corrected chi connectivity index (χ4v) is 2.60. The highest BCUT2D eigenvalue weighted by Gasteiger charge is 2.17. The number of amides is 1. The SMILES string of the molecule is Cc1ccc(Cl)cc1NC(=O)/C=C/c1cc(Cl)c2c(c1)OCO2. The van der Waals surface area contributed by atoms with Gasteiger partial charge in [-0.05, 0) is 48.4 Å². The Hall–Kier alpha value is -2.17. The number of carbonyl (C=O) groups excluding carboxylic acids is 1. The first-order chi connectivity index (χ1) is 11.0. The molecule has 1 amide bonds. The maximum absolute atomic E-state index is 12.0. The zero-order chi connectivity index (χ0) is 16.4. The van der Waals surface area contributed by atoms with Crippen LogP contribution in [0.15, 0.2) is 36.4 Å². The average molecular weight is 350 g/mol. The van der Waals surface area contributed by atoms with Crippen LogP contribution in [0.25, 0.3) is 6.08 Å². The number of anilines is 1. The van der Waals surface area contributed by atoms with Gasteiger partial charge in [0, 0.05) is 16.8 Å². The van der Waals surface area contributed by atoms with Crippen molar-refractivity contribution in [1.29, 1.82) is 0 Å². The number of benzene rings is 2. The summed E-state index contributed by atoms with van der Waals surface area (Å²) in [6, 6.07) is 8.81. The van der Waals surface area contributed by atoms with E-state index in [9.17, 15) is 4.79 Å². The molecule has 3 rings (SSSR count). The Labute approximate surface area is 143 Å². The van der Waals surface area contributed by atoms with Gasteiger partial charge in [0.2, 0.25) is 12.7 Å². The molecule has 0 spiro atoms. The van der Waals surface area contributed by atoms with Gasteiger partial charge in [-0.15, -0.1) is 0 Å². The molecule has 1 N–H and O–H groups in total. The average Bonchev–Trinajstić information content (AvgIpc) is 2.98. The van der Waals surface area contributed by atoms with Crippen molar-refractivity contribution in [3.8, 4) is 11.5 Å². The Bertz CT molecular complexity index is 803. The van der Waals surface area contributed by atoms with Gasteiger partial charge in [-0.3, -0.25) is 4.79 Å². The van der Waals surface area contributed by atoms with Crippen molar-refractivity contribution in [3.05, 3.63) is 57.6 Å². The van der Waals surface area contributed by atoms with Gasteiger partial charge in [0.25, 0.3) is 0 Å². The van der Waals surface area contributed by atoms with Gasteiger partial charge < -0.3 is 14.8 Å². The molecule has 2 aromatic rings. The van der Waals surface area contributed by atoms with Crippen molar-refractivity contribution in [3.63, 3.8) is 0 Å². The zero-order valence-electron chi connectivity index (χ0n) is 12.2. The number of halogens is 2. The molecule has 0 aliphatic carbocycles. The summed E-state index contributed by atoms with van der Waals surface area (Å²) in [7, 11) is 0. The van der Waals surface area contributed by atoms with Crippen molar-refractivity contribution in [2.45, 2.75) is 6.92 Å². The first-order valence-corrected chi connectivity index (χ1v) is 7.63. The number of rotatable bonds is 3. The molecular weight excluding hydrogens is 337 g/mol. The summed E-state index contributed by atoms with van der Waals surface area (Å²) in [6.45, 7) is 2.05. The monoisotopic (exact) mass is 349 g/mol. The lowest BCUT2D eigenvalue weighted by Gasteiger charge is -2.06. The Kier molecular flexibility index (Phi) is 4.46. The second-order valence-corrected chi connectivity index (χ2v) is 5.86. The Balaban J connectivity index is 1.74. The van der Waals surface area contributed by atoms with Crippen molar-refractivity contribution in [1.82, 2.24) is 0 Å². The van der Waals surface area contributed by atoms with Crippen LogP contribution in [0.5, 0.6) is 11.5 Å². The number of aryl methyl sites for hydroxylation is 1. The molecule has 1 aliphatic rings. The van der Waals surface area contributed by atoms with Crippen LogP contribution in [-0.4, -0.2) is 12.7 Å². The zero-order valence-corrected chi connectivity index (χ0v) is 13.7. The third-order valence-corrected chi connectivity index (χ3v) is 3.85. The third kappa shape index (κ3) is 3.60. The van der Waals surface area contributed by atoms with E-state index in [1.165, 1.54) is 6.08 Å². The molecule has 0 fully saturated rings. The van der Waals surface area contributed by atoms with Crippen LogP contribution >= 0.6 is 23.2 Å². The second kappa shape index (κ2) is 6.52. The molecule has 0 radical (unpaired) electrons. The standard InChI is InChI=1S/C17H13Cl2NO3/c1-10-2-4-12(18)8-14(10)20-16(21)5-3-11-6-13(19)17-15(7-11)22-9-23-17/h2-8H,9H2,1H3,(H,20,21)/b5-3+. The lowest BCUT2D eigenvalue weighted by atomic mass is 10.1. The molecule has 0 aromatic heterocycles. The highest BCUT2D eigenvalue weighted by atomic mass is 35.5. The molecule has 118 valence electrons. The number of fused-ring (bicyclic) bond motifs is 1. The van der Waals surface area contributed by atoms with Gasteiger partial charge in [0.1, 0.15) is 0 Å². The summed E-state index contributed by atoms with van der Waals surface area (Å²) in [5.41, 5.74) is 2.36. The predicted molar refractivity (Wildman–Crippen MR) is 91.4 cm³/mol. The van der Waals surface area contributed by atoms with Gasteiger partial charge in [0.05, 0.1) is 5.02 Å². The van der Waals surface area contributed by atoms with E-state index in [1.807, 2.05) is 13.0 Å². The minimum absolute atomic E-state index is 0.150. The van der Waals surface area contributed by atoms with Crippen molar-refractivity contribution >= 4 is 40.9 Å². The minimum Gasteiger partial charge on any atom is -0.454 e. The minimum atomic E-state index is -0.260. The van der Waals surface area contributed by atoms with Gasteiger partial charge >= 0.3 is 0 Å². The van der Waals surface area contributed by atoms with Crippen LogP contribution in [0.3, 0.4) is 0 Å². The van der Waals surface area contributed by atoms with Crippen LogP contribution in [-0.2, 0) is 4.79 Å². The molecule has 1 aliphatic heterocycles. The van der Waals surface area contributed by atoms with Crippen molar-refractivity contribution in [2.75, 3.05) is 12.1 Å². The molecule has 0 saturated carbocycles. The lowest BCUT2D eigenvalue weighted by Crippen LogP contribution is -2.08. The van der Waals surface area contributed by atoms with Crippen LogP contribution in [0.1, 0.15) is 11.1 Å². The first kappa shape index (κ1) is 15.7. The van der Waals surface area contributed by atoms with Crippen LogP contribution in [0.2, 0.25) is 10.0 Å². The smallest absolute Gasteiger partial charge is 0.248 e. The summed E-state index contributed by atoms with van der Waals surface area (Å²) in [4.78, 5) is 12.0. The summed E-state index contributed by atoms with van der Waals surface area (Å²) in [5.74, 6) is 0.843. The molecule has 6 heteroatoms.